The van der Waals surface area contributed by atoms with Crippen molar-refractivity contribution in [1.29, 1.82) is 0 Å². The number of hydrogen-bond donors (Lipinski definition) is 4. The van der Waals surface area contributed by atoms with Gasteiger partial charge >= 0.3 is 5.69 Å². The third-order valence-corrected chi connectivity index (χ3v) is 19.2. The van der Waals surface area contributed by atoms with E-state index < -0.39 is 46.9 Å². The number of rotatable bonds is 11. The third kappa shape index (κ3) is 9.42. The zero-order valence-corrected chi connectivity index (χ0v) is 41.6. The van der Waals surface area contributed by atoms with E-state index in [9.17, 15) is 32.6 Å². The van der Waals surface area contributed by atoms with Crippen molar-refractivity contribution in [2.45, 2.75) is 107 Å². The second kappa shape index (κ2) is 18.4. The van der Waals surface area contributed by atoms with E-state index in [2.05, 4.69) is 77.3 Å². The average molecular weight is 996 g/mol. The van der Waals surface area contributed by atoms with Gasteiger partial charge in [0.05, 0.1) is 40.1 Å². The van der Waals surface area contributed by atoms with Crippen molar-refractivity contribution in [2.75, 3.05) is 55.0 Å². The minimum atomic E-state index is -4.80. The van der Waals surface area contributed by atoms with Gasteiger partial charge in [-0.3, -0.25) is 19.8 Å². The summed E-state index contributed by atoms with van der Waals surface area (Å²) in [5, 5.41) is 26.0. The van der Waals surface area contributed by atoms with Gasteiger partial charge in [0.1, 0.15) is 23.8 Å². The fourth-order valence-electron chi connectivity index (χ4n) is 11.5. The van der Waals surface area contributed by atoms with Gasteiger partial charge in [0.2, 0.25) is 5.88 Å². The lowest BCUT2D eigenvalue weighted by atomic mass is 9.59. The molecule has 2 aromatic carbocycles. The Morgan fingerprint density at radius 1 is 1.07 bits per heavy atom. The van der Waals surface area contributed by atoms with E-state index in [0.717, 1.165) is 62.5 Å². The molecule has 0 radical (unpaired) electrons. The van der Waals surface area contributed by atoms with Gasteiger partial charge in [0, 0.05) is 77.6 Å². The molecule has 20 heteroatoms. The van der Waals surface area contributed by atoms with Crippen molar-refractivity contribution < 1.29 is 36.9 Å². The number of pyridine rings is 2. The van der Waals surface area contributed by atoms with Crippen LogP contribution in [0.4, 0.5) is 17.1 Å². The van der Waals surface area contributed by atoms with E-state index in [1.807, 2.05) is 6.07 Å². The molecule has 4 N–H and O–H groups in total. The van der Waals surface area contributed by atoms with Crippen LogP contribution in [-0.2, 0) is 19.8 Å². The zero-order chi connectivity index (χ0) is 49.2. The smallest absolute Gasteiger partial charge is 0.300 e. The van der Waals surface area contributed by atoms with Gasteiger partial charge in [0.25, 0.3) is 15.9 Å². The number of nitrogens with zero attached hydrogens (tertiary/aromatic N) is 6. The molecule has 6 heterocycles. The minimum absolute atomic E-state index is 0.0383. The van der Waals surface area contributed by atoms with Crippen LogP contribution in [0, 0.1) is 21.4 Å². The van der Waals surface area contributed by atoms with Gasteiger partial charge in [-0.2, -0.15) is 13.4 Å². The van der Waals surface area contributed by atoms with Crippen molar-refractivity contribution in [3.05, 3.63) is 99.9 Å². The maximum absolute atomic E-state index is 14.1. The monoisotopic (exact) mass is 995 g/mol. The van der Waals surface area contributed by atoms with Gasteiger partial charge in [-0.1, -0.05) is 38.1 Å². The first-order chi connectivity index (χ1) is 33.4. The minimum Gasteiger partial charge on any atom is -0.474 e. The zero-order valence-electron chi connectivity index (χ0n) is 39.9. The van der Waals surface area contributed by atoms with E-state index in [4.69, 9.17) is 9.47 Å². The summed E-state index contributed by atoms with van der Waals surface area (Å²) in [7, 11) is -5.40. The van der Waals surface area contributed by atoms with Crippen LogP contribution in [-0.4, -0.2) is 111 Å². The predicted octanol–water partition coefficient (Wildman–Crippen LogP) is 7.92. The Morgan fingerprint density at radius 2 is 1.83 bits per heavy atom. The quantitative estimate of drug-likeness (QED) is 0.0727. The van der Waals surface area contributed by atoms with Crippen molar-refractivity contribution in [3.63, 3.8) is 0 Å². The van der Waals surface area contributed by atoms with Gasteiger partial charge in [-0.15, -0.1) is 0 Å². The number of aliphatic hydroxyl groups is 1. The fourth-order valence-corrected chi connectivity index (χ4v) is 14.3. The molecule has 10 rings (SSSR count). The summed E-state index contributed by atoms with van der Waals surface area (Å²) in [4.78, 5) is 42.3. The van der Waals surface area contributed by atoms with Gasteiger partial charge < -0.3 is 29.8 Å². The molecule has 1 spiro atoms. The largest absolute Gasteiger partial charge is 0.474 e. The van der Waals surface area contributed by atoms with Crippen molar-refractivity contribution in [3.8, 4) is 17.4 Å². The van der Waals surface area contributed by atoms with Crippen LogP contribution >= 0.6 is 0 Å². The van der Waals surface area contributed by atoms with Crippen LogP contribution in [0.15, 0.2) is 82.4 Å². The van der Waals surface area contributed by atoms with Gasteiger partial charge in [-0.05, 0) is 111 Å². The summed E-state index contributed by atoms with van der Waals surface area (Å²) < 4.78 is 60.4. The predicted molar refractivity (Wildman–Crippen MR) is 267 cm³/mol. The van der Waals surface area contributed by atoms with Crippen LogP contribution in [0.5, 0.6) is 17.4 Å². The second-order valence-electron chi connectivity index (χ2n) is 20.5. The fraction of sp³-hybridized carbons (Fsp3) is 0.500. The first-order valence-electron chi connectivity index (χ1n) is 24.2. The normalized spacial score (nSPS) is 25.9. The standard InChI is InChI=1S/C50H61N9O9S2/c1-31(2)37-7-5-6-8-38(37)42-30-69(64,51-4)22-21-58(42)35-26-50(27-35)16-19-57(20-17-50)34-9-10-39(43(24-34)68-36-23-33-13-18-52-46(33)53-28-36)47(60)56-70(65,66)44-25-41(59(62)63)45-48(55-44)67-29-40(54-45)32-11-14-49(3,61)15-12-32/h5-10,13,18,23-25,28,31-32,35,40,42,54,61H,11-12,14-17,19-22,26-27,29-30H2,1-4H3,(H,52,53)(H,56,60)/t32-,40-,42-,49-,69?/m1/s1. The van der Waals surface area contributed by atoms with Crippen molar-refractivity contribution in [2.24, 2.45) is 15.7 Å². The molecule has 2 saturated heterocycles. The van der Waals surface area contributed by atoms with E-state index >= 15 is 0 Å². The highest BCUT2D eigenvalue weighted by Gasteiger charge is 2.50. The van der Waals surface area contributed by atoms with Gasteiger partial charge in [0.15, 0.2) is 10.7 Å². The molecule has 1 amide bonds. The topological polar surface area (TPSA) is 235 Å². The summed E-state index contributed by atoms with van der Waals surface area (Å²) in [5.41, 5.74) is 2.70. The maximum Gasteiger partial charge on any atom is 0.300 e. The van der Waals surface area contributed by atoms with Crippen molar-refractivity contribution >= 4 is 53.8 Å². The van der Waals surface area contributed by atoms with Crippen LogP contribution in [0.3, 0.4) is 0 Å². The molecular formula is C50H61N9O9S2. The molecule has 3 atom stereocenters. The number of benzene rings is 2. The summed E-state index contributed by atoms with van der Waals surface area (Å²) in [6, 6.07) is 18.1. The number of amides is 1. The van der Waals surface area contributed by atoms with Gasteiger partial charge in [-0.25, -0.2) is 18.3 Å². The molecule has 4 fully saturated rings. The highest BCUT2D eigenvalue weighted by atomic mass is 32.2. The van der Waals surface area contributed by atoms with E-state index in [-0.39, 0.29) is 52.9 Å². The molecule has 3 aliphatic heterocycles. The summed E-state index contributed by atoms with van der Waals surface area (Å²) in [6.45, 7) is 8.57. The Balaban J connectivity index is 0.861. The molecule has 3 aromatic heterocycles. The third-order valence-electron chi connectivity index (χ3n) is 15.7. The van der Waals surface area contributed by atoms with E-state index in [0.29, 0.717) is 60.5 Å². The highest BCUT2D eigenvalue weighted by Crippen LogP contribution is 2.54. The second-order valence-corrected chi connectivity index (χ2v) is 24.8. The average Bonchev–Trinajstić information content (AvgIpc) is 3.81. The lowest BCUT2D eigenvalue weighted by molar-refractivity contribution is -0.384. The molecule has 1 unspecified atom stereocenters. The Bertz CT molecular complexity index is 3070. The number of piperidine rings is 1. The maximum atomic E-state index is 14.1. The van der Waals surface area contributed by atoms with E-state index in [1.54, 1.807) is 38.4 Å². The Hall–Kier alpha value is -5.83. The summed E-state index contributed by atoms with van der Waals surface area (Å²) >= 11 is 0. The van der Waals surface area contributed by atoms with Crippen LogP contribution in [0.25, 0.3) is 11.0 Å². The number of anilines is 2. The van der Waals surface area contributed by atoms with Crippen LogP contribution in [0.1, 0.15) is 106 Å². The number of ether oxygens (including phenoxy) is 2. The molecule has 5 aromatic rings. The number of carbonyl (C=O) groups excluding carboxylic acids is 1. The number of carbonyl (C=O) groups is 1. The van der Waals surface area contributed by atoms with E-state index in [1.165, 1.54) is 23.4 Å². The molecular weight excluding hydrogens is 935 g/mol. The number of H-pyrrole nitrogens is 1. The summed E-state index contributed by atoms with van der Waals surface area (Å²) in [6.07, 6.45) is 9.81. The summed E-state index contributed by atoms with van der Waals surface area (Å²) in [5.74, 6) is 0.653. The number of nitrogens with one attached hydrogen (secondary N) is 3. The van der Waals surface area contributed by atoms with Crippen LogP contribution < -0.4 is 24.4 Å². The number of fused-ring (bicyclic) bond motifs is 2. The highest BCUT2D eigenvalue weighted by molar-refractivity contribution is 7.93. The molecule has 0 bridgehead atoms. The molecule has 2 aliphatic carbocycles. The number of hydrogen-bond acceptors (Lipinski definition) is 15. The molecule has 372 valence electrons. The number of sulfonamides is 1. The van der Waals surface area contributed by atoms with Crippen molar-refractivity contribution in [1.82, 2.24) is 24.6 Å². The molecule has 2 saturated carbocycles. The first kappa shape index (κ1) is 47.8. The first-order valence-corrected chi connectivity index (χ1v) is 27.6. The lowest BCUT2D eigenvalue weighted by Crippen LogP contribution is -2.58. The van der Waals surface area contributed by atoms with Crippen LogP contribution in [0.2, 0.25) is 0 Å². The Morgan fingerprint density at radius 3 is 2.56 bits per heavy atom. The Labute approximate surface area is 408 Å². The lowest BCUT2D eigenvalue weighted by Gasteiger charge is -2.57. The number of aromatic amines is 1. The molecule has 18 nitrogen and oxygen atoms in total. The SMILES string of the molecule is CN=S1(=O)CCN(C2CC3(CCN(c4ccc(C(=O)NS(=O)(=O)c5cc([N+](=O)[O-])c6c(n5)OC[C@H]([C@H]5CC[C@](C)(O)CC5)N6)c(Oc5cnc6[nH]ccc6c5)c4)CC3)C2)[C@@H](c2ccccc2C(C)C)C1. The molecule has 70 heavy (non-hydrogen) atoms. The number of nitro groups is 1. The molecule has 5 aliphatic rings. The Kier molecular flexibility index (Phi) is 12.6. The number of aromatic nitrogens is 3.